The van der Waals surface area contributed by atoms with E-state index in [9.17, 15) is 17.6 Å². The van der Waals surface area contributed by atoms with Crippen LogP contribution in [0.1, 0.15) is 23.7 Å². The van der Waals surface area contributed by atoms with Crippen LogP contribution in [-0.4, -0.2) is 54.0 Å². The number of aromatic nitrogens is 4. The first-order valence-electron chi connectivity index (χ1n) is 10.3. The van der Waals surface area contributed by atoms with Crippen LogP contribution in [0, 0.1) is 5.82 Å². The van der Waals surface area contributed by atoms with Crippen molar-refractivity contribution in [3.8, 4) is 0 Å². The van der Waals surface area contributed by atoms with E-state index in [1.807, 2.05) is 4.90 Å². The zero-order valence-electron chi connectivity index (χ0n) is 18.1. The number of fused-ring (bicyclic) bond motifs is 1. The van der Waals surface area contributed by atoms with Crippen LogP contribution in [0.15, 0.2) is 35.5 Å². The Morgan fingerprint density at radius 1 is 1.33 bits per heavy atom. The third kappa shape index (κ3) is 4.80. The van der Waals surface area contributed by atoms with Crippen molar-refractivity contribution in [2.75, 3.05) is 29.6 Å². The number of hydrogen-bond donors (Lipinski definition) is 2. The minimum Gasteiger partial charge on any atom is -0.469 e. The van der Waals surface area contributed by atoms with Crippen LogP contribution >= 0.6 is 0 Å². The zero-order chi connectivity index (χ0) is 23.6. The maximum absolute atomic E-state index is 14.5. The van der Waals surface area contributed by atoms with Gasteiger partial charge in [0, 0.05) is 12.2 Å². The van der Waals surface area contributed by atoms with Gasteiger partial charge in [-0.15, -0.1) is 0 Å². The molecule has 3 aromatic rings. The van der Waals surface area contributed by atoms with E-state index in [0.29, 0.717) is 19.0 Å². The van der Waals surface area contributed by atoms with Crippen LogP contribution in [0.3, 0.4) is 0 Å². The third-order valence-corrected chi connectivity index (χ3v) is 7.16. The number of nitrogens with zero attached hydrogens (tertiary/aromatic N) is 4. The number of methoxy groups -OCH3 is 1. The first-order chi connectivity index (χ1) is 15.8. The molecule has 0 aliphatic carbocycles. The molecule has 2 N–H and O–H groups in total. The van der Waals surface area contributed by atoms with E-state index in [1.54, 1.807) is 12.3 Å². The molecule has 2 aromatic heterocycles. The normalized spacial score (nSPS) is 13.5. The third-order valence-electron chi connectivity index (χ3n) is 5.43. The molecule has 0 saturated heterocycles. The second-order valence-corrected chi connectivity index (χ2v) is 9.76. The van der Waals surface area contributed by atoms with Gasteiger partial charge in [0.1, 0.15) is 10.7 Å². The summed E-state index contributed by atoms with van der Waals surface area (Å²) in [5.74, 6) is -0.929. The van der Waals surface area contributed by atoms with E-state index in [4.69, 9.17) is 0 Å². The van der Waals surface area contributed by atoms with Gasteiger partial charge in [-0.25, -0.2) is 17.8 Å². The summed E-state index contributed by atoms with van der Waals surface area (Å²) in [5.41, 5.74) is 2.53. The van der Waals surface area contributed by atoms with Gasteiger partial charge in [-0.2, -0.15) is 10.1 Å². The zero-order valence-corrected chi connectivity index (χ0v) is 18.9. The van der Waals surface area contributed by atoms with E-state index in [0.717, 1.165) is 17.7 Å². The number of hydrogen-bond acceptors (Lipinski definition) is 9. The summed E-state index contributed by atoms with van der Waals surface area (Å²) in [5, 5.41) is 9.91. The summed E-state index contributed by atoms with van der Waals surface area (Å²) >= 11 is 0. The van der Waals surface area contributed by atoms with E-state index in [2.05, 4.69) is 30.2 Å². The lowest BCUT2D eigenvalue weighted by Gasteiger charge is -2.27. The van der Waals surface area contributed by atoms with Crippen molar-refractivity contribution in [1.29, 1.82) is 0 Å². The van der Waals surface area contributed by atoms with Crippen LogP contribution in [0.2, 0.25) is 0 Å². The molecule has 12 heteroatoms. The summed E-state index contributed by atoms with van der Waals surface area (Å²) in [6.07, 6.45) is 3.60. The Bertz CT molecular complexity index is 1290. The van der Waals surface area contributed by atoms with Gasteiger partial charge in [0.05, 0.1) is 43.9 Å². The first kappa shape index (κ1) is 22.6. The minimum absolute atomic E-state index is 0.0531. The van der Waals surface area contributed by atoms with E-state index >= 15 is 0 Å². The molecule has 0 saturated carbocycles. The average molecular weight is 475 g/mol. The standard InChI is InChI=1S/C21H23FN6O4S/c1-3-33(30,31)18-11-23-21(28-7-6-14-10-24-27-17(14)12-28)26-20(18)25-15-5-4-13(16(22)9-15)8-19(29)32-2/h4-5,9-11H,3,6-8,12H2,1-2H3,(H,24,27)(H,23,25,26). The van der Waals surface area contributed by atoms with Gasteiger partial charge in [0.25, 0.3) is 0 Å². The molecule has 10 nitrogen and oxygen atoms in total. The molecule has 0 radical (unpaired) electrons. The highest BCUT2D eigenvalue weighted by atomic mass is 32.2. The molecule has 3 heterocycles. The number of sulfone groups is 1. The first-order valence-corrected chi connectivity index (χ1v) is 11.9. The predicted octanol–water partition coefficient (Wildman–Crippen LogP) is 2.15. The SMILES string of the molecule is CCS(=O)(=O)c1cnc(N2CCc3cn[nH]c3C2)nc1Nc1ccc(CC(=O)OC)c(F)c1. The number of benzene rings is 1. The molecule has 4 rings (SSSR count). The molecule has 1 aliphatic heterocycles. The minimum atomic E-state index is -3.65. The molecule has 33 heavy (non-hydrogen) atoms. The number of H-pyrrole nitrogens is 1. The van der Waals surface area contributed by atoms with Crippen molar-refractivity contribution < 1.29 is 22.3 Å². The lowest BCUT2D eigenvalue weighted by Crippen LogP contribution is -2.31. The monoisotopic (exact) mass is 474 g/mol. The van der Waals surface area contributed by atoms with Crippen molar-refractivity contribution >= 4 is 33.3 Å². The number of nitrogens with one attached hydrogen (secondary N) is 2. The number of halogens is 1. The number of rotatable bonds is 7. The van der Waals surface area contributed by atoms with Crippen LogP contribution in [0.5, 0.6) is 0 Å². The van der Waals surface area contributed by atoms with Gasteiger partial charge in [-0.05, 0) is 29.7 Å². The lowest BCUT2D eigenvalue weighted by atomic mass is 10.1. The molecule has 0 atom stereocenters. The highest BCUT2D eigenvalue weighted by Gasteiger charge is 2.24. The molecule has 0 spiro atoms. The van der Waals surface area contributed by atoms with Crippen molar-refractivity contribution in [3.63, 3.8) is 0 Å². The highest BCUT2D eigenvalue weighted by molar-refractivity contribution is 7.91. The molecule has 0 fully saturated rings. The summed E-state index contributed by atoms with van der Waals surface area (Å²) in [4.78, 5) is 22.0. The summed E-state index contributed by atoms with van der Waals surface area (Å²) in [6, 6.07) is 4.17. The molecule has 1 aliphatic rings. The van der Waals surface area contributed by atoms with Gasteiger partial charge in [-0.1, -0.05) is 13.0 Å². The van der Waals surface area contributed by atoms with Crippen LogP contribution < -0.4 is 10.2 Å². The summed E-state index contributed by atoms with van der Waals surface area (Å²) in [7, 11) is -2.42. The lowest BCUT2D eigenvalue weighted by molar-refractivity contribution is -0.139. The largest absolute Gasteiger partial charge is 0.469 e. The second kappa shape index (κ2) is 9.14. The fraction of sp³-hybridized carbons (Fsp3) is 0.333. The highest BCUT2D eigenvalue weighted by Crippen LogP contribution is 2.28. The Labute approximate surface area is 190 Å². The van der Waals surface area contributed by atoms with Crippen LogP contribution in [0.25, 0.3) is 0 Å². The van der Waals surface area contributed by atoms with E-state index in [-0.39, 0.29) is 34.1 Å². The van der Waals surface area contributed by atoms with Gasteiger partial charge < -0.3 is 15.0 Å². The van der Waals surface area contributed by atoms with Gasteiger partial charge >= 0.3 is 5.97 Å². The van der Waals surface area contributed by atoms with Crippen molar-refractivity contribution in [2.24, 2.45) is 0 Å². The fourth-order valence-corrected chi connectivity index (χ4v) is 4.42. The van der Waals surface area contributed by atoms with Crippen molar-refractivity contribution in [1.82, 2.24) is 20.2 Å². The topological polar surface area (TPSA) is 130 Å². The Morgan fingerprint density at radius 3 is 2.88 bits per heavy atom. The molecule has 0 bridgehead atoms. The maximum Gasteiger partial charge on any atom is 0.310 e. The molecule has 174 valence electrons. The number of ether oxygens (including phenoxy) is 1. The average Bonchev–Trinajstić information content (AvgIpc) is 3.28. The fourth-order valence-electron chi connectivity index (χ4n) is 3.51. The molecule has 1 aromatic carbocycles. The van der Waals surface area contributed by atoms with Crippen molar-refractivity contribution in [3.05, 3.63) is 53.2 Å². The second-order valence-electron chi connectivity index (χ2n) is 7.52. The van der Waals surface area contributed by atoms with Gasteiger partial charge in [-0.3, -0.25) is 9.89 Å². The predicted molar refractivity (Wildman–Crippen MR) is 119 cm³/mol. The van der Waals surface area contributed by atoms with E-state index in [1.165, 1.54) is 32.4 Å². The summed E-state index contributed by atoms with van der Waals surface area (Å²) < 4.78 is 44.3. The molecule has 0 unspecified atom stereocenters. The smallest absolute Gasteiger partial charge is 0.310 e. The van der Waals surface area contributed by atoms with Crippen LogP contribution in [0.4, 0.5) is 21.8 Å². The number of carbonyl (C=O) groups is 1. The number of aromatic amines is 1. The van der Waals surface area contributed by atoms with Crippen LogP contribution in [-0.2, 0) is 38.8 Å². The Balaban J connectivity index is 1.66. The van der Waals surface area contributed by atoms with E-state index < -0.39 is 21.6 Å². The van der Waals surface area contributed by atoms with Gasteiger partial charge in [0.15, 0.2) is 15.7 Å². The van der Waals surface area contributed by atoms with Crippen molar-refractivity contribution in [2.45, 2.75) is 31.2 Å². The number of esters is 1. The Morgan fingerprint density at radius 2 is 2.15 bits per heavy atom. The Kier molecular flexibility index (Phi) is 6.27. The molecular weight excluding hydrogens is 451 g/mol. The number of carbonyl (C=O) groups excluding carboxylic acids is 1. The Hall–Kier alpha value is -3.54. The quantitative estimate of drug-likeness (QED) is 0.495. The summed E-state index contributed by atoms with van der Waals surface area (Å²) in [6.45, 7) is 2.67. The van der Waals surface area contributed by atoms with Gasteiger partial charge in [0.2, 0.25) is 5.95 Å². The number of anilines is 3. The molecule has 0 amide bonds. The molecular formula is C21H23FN6O4S. The maximum atomic E-state index is 14.5.